The summed E-state index contributed by atoms with van der Waals surface area (Å²) < 4.78 is 23.8. The minimum atomic E-state index is -0.830. The summed E-state index contributed by atoms with van der Waals surface area (Å²) in [6.07, 6.45) is 3.01. The van der Waals surface area contributed by atoms with E-state index in [1.54, 1.807) is 12.5 Å². The number of aliphatic hydroxyl groups excluding tert-OH is 1. The Balaban J connectivity index is 1.39. The van der Waals surface area contributed by atoms with Crippen molar-refractivity contribution in [2.45, 2.75) is 90.0 Å². The summed E-state index contributed by atoms with van der Waals surface area (Å²) >= 11 is 0. The smallest absolute Gasteiger partial charge is 0.339 e. The van der Waals surface area contributed by atoms with Gasteiger partial charge in [-0.2, -0.15) is 0 Å². The van der Waals surface area contributed by atoms with E-state index in [2.05, 4.69) is 20.8 Å². The first-order chi connectivity index (χ1) is 15.5. The summed E-state index contributed by atoms with van der Waals surface area (Å²) in [5.41, 5.74) is -2.04. The number of carbonyl (C=O) groups is 2. The lowest BCUT2D eigenvalue weighted by atomic mass is 9.35. The van der Waals surface area contributed by atoms with Crippen LogP contribution < -0.4 is 0 Å². The number of hydrogen-bond acceptors (Lipinski definition) is 7. The second kappa shape index (κ2) is 5.58. The molecule has 6 fully saturated rings. The predicted octanol–water partition coefficient (Wildman–Crippen LogP) is 3.20. The van der Waals surface area contributed by atoms with Gasteiger partial charge in [-0.15, -0.1) is 0 Å². The van der Waals surface area contributed by atoms with Crippen molar-refractivity contribution in [2.75, 3.05) is 0 Å². The van der Waals surface area contributed by atoms with Gasteiger partial charge in [0.25, 0.3) is 0 Å². The standard InChI is InChI=1S/C26H32O7/c1-22(2)14-10-15(27)25(5)13(24(14,4)19-16(31-19)17(22)28)6-8-23(3)18(12-7-9-30-11-12)32-21(29)20-26(23,25)33-20/h7,9,11,13-16,18-20,27H,6,8,10H2,1-5H3/t13?,14?,15-,16+,18+,19+,20?,23+,24-,25+,26?/m1/s1. The van der Waals surface area contributed by atoms with Crippen molar-refractivity contribution in [3.63, 3.8) is 0 Å². The summed E-state index contributed by atoms with van der Waals surface area (Å²) in [7, 11) is 0. The zero-order chi connectivity index (χ0) is 23.3. The average Bonchev–Trinajstić information content (AvgIpc) is 3.66. The van der Waals surface area contributed by atoms with Crippen LogP contribution in [0.15, 0.2) is 23.0 Å². The van der Waals surface area contributed by atoms with Crippen LogP contribution >= 0.6 is 0 Å². The fourth-order valence-electron chi connectivity index (χ4n) is 9.70. The highest BCUT2D eigenvalue weighted by Crippen LogP contribution is 2.80. The molecule has 1 aromatic rings. The molecular weight excluding hydrogens is 424 g/mol. The van der Waals surface area contributed by atoms with Crippen molar-refractivity contribution in [2.24, 2.45) is 33.5 Å². The Bertz CT molecular complexity index is 1080. The number of ether oxygens (including phenoxy) is 3. The number of fused-ring (bicyclic) bond motifs is 5. The largest absolute Gasteiger partial charge is 0.472 e. The highest BCUT2D eigenvalue weighted by Gasteiger charge is 2.89. The maximum atomic E-state index is 13.1. The number of aliphatic hydroxyl groups is 1. The van der Waals surface area contributed by atoms with Gasteiger partial charge in [0.05, 0.1) is 24.7 Å². The fourth-order valence-corrected chi connectivity index (χ4v) is 9.70. The number of hydrogen-bond donors (Lipinski definition) is 1. The van der Waals surface area contributed by atoms with E-state index < -0.39 is 40.2 Å². The molecule has 0 amide bonds. The van der Waals surface area contributed by atoms with Crippen LogP contribution in [0.4, 0.5) is 0 Å². The van der Waals surface area contributed by atoms with Crippen LogP contribution in [0.1, 0.15) is 65.5 Å². The Hall–Kier alpha value is -1.70. The lowest BCUT2D eigenvalue weighted by Gasteiger charge is -2.68. The van der Waals surface area contributed by atoms with E-state index in [1.807, 2.05) is 19.9 Å². The van der Waals surface area contributed by atoms with Gasteiger partial charge in [-0.3, -0.25) is 4.79 Å². The van der Waals surface area contributed by atoms with Crippen molar-refractivity contribution in [3.8, 4) is 0 Å². The number of rotatable bonds is 1. The Morgan fingerprint density at radius 1 is 1.06 bits per heavy atom. The van der Waals surface area contributed by atoms with Crippen molar-refractivity contribution < 1.29 is 33.3 Å². The quantitative estimate of drug-likeness (QED) is 0.511. The van der Waals surface area contributed by atoms with Gasteiger partial charge in [-0.05, 0) is 37.2 Å². The van der Waals surface area contributed by atoms with Crippen molar-refractivity contribution in [1.82, 2.24) is 0 Å². The van der Waals surface area contributed by atoms with Crippen LogP contribution in [0, 0.1) is 33.5 Å². The molecule has 3 saturated carbocycles. The molecule has 3 saturated heterocycles. The van der Waals surface area contributed by atoms with E-state index in [1.165, 1.54) is 0 Å². The molecule has 3 aliphatic heterocycles. The number of esters is 1. The van der Waals surface area contributed by atoms with Gasteiger partial charge in [0, 0.05) is 27.2 Å². The van der Waals surface area contributed by atoms with Crippen LogP contribution in [0.2, 0.25) is 0 Å². The monoisotopic (exact) mass is 456 g/mol. The number of Topliss-reactive ketones (excluding diaryl/α,β-unsaturated/α-hetero) is 1. The zero-order valence-corrected chi connectivity index (χ0v) is 19.8. The Kier molecular flexibility index (Phi) is 3.49. The molecule has 0 radical (unpaired) electrons. The van der Waals surface area contributed by atoms with Gasteiger partial charge >= 0.3 is 5.97 Å². The Morgan fingerprint density at radius 3 is 2.52 bits per heavy atom. The summed E-state index contributed by atoms with van der Waals surface area (Å²) in [6.45, 7) is 10.6. The minimum absolute atomic E-state index is 0.00694. The van der Waals surface area contributed by atoms with Gasteiger partial charge in [0.15, 0.2) is 11.9 Å². The molecular formula is C26H32O7. The molecule has 11 atom stereocenters. The highest BCUT2D eigenvalue weighted by atomic mass is 16.7. The van der Waals surface area contributed by atoms with Gasteiger partial charge in [0.1, 0.15) is 17.8 Å². The van der Waals surface area contributed by atoms with Crippen LogP contribution in [0.25, 0.3) is 0 Å². The number of epoxide rings is 2. The van der Waals surface area contributed by atoms with Crippen LogP contribution in [-0.2, 0) is 23.8 Å². The van der Waals surface area contributed by atoms with E-state index in [0.717, 1.165) is 18.4 Å². The Morgan fingerprint density at radius 2 is 1.82 bits per heavy atom. The Labute approximate surface area is 193 Å². The molecule has 1 spiro atoms. The number of carbonyl (C=O) groups excluding carboxylic acids is 2. The summed E-state index contributed by atoms with van der Waals surface area (Å²) in [6, 6.07) is 1.85. The molecule has 4 unspecified atom stereocenters. The third-order valence-corrected chi connectivity index (χ3v) is 11.3. The second-order valence-electron chi connectivity index (χ2n) is 12.6. The SMILES string of the molecule is CC1(C)C(=O)[C@@H]2O[C@@H]2[C@@]2(C)C1C[C@@H](O)[C@]1(C)C2CC[C@@]2(C)[C@H](c3ccoc3)OC(=O)C3OC321. The van der Waals surface area contributed by atoms with Crippen LogP contribution in [0.5, 0.6) is 0 Å². The number of furan rings is 1. The molecule has 6 aliphatic rings. The minimum Gasteiger partial charge on any atom is -0.472 e. The average molecular weight is 457 g/mol. The van der Waals surface area contributed by atoms with Crippen molar-refractivity contribution >= 4 is 11.8 Å². The number of cyclic esters (lactones) is 1. The van der Waals surface area contributed by atoms with E-state index in [0.29, 0.717) is 6.42 Å². The molecule has 1 N–H and O–H groups in total. The van der Waals surface area contributed by atoms with Crippen molar-refractivity contribution in [1.29, 1.82) is 0 Å². The molecule has 0 bridgehead atoms. The molecule has 1 aromatic heterocycles. The van der Waals surface area contributed by atoms with Crippen LogP contribution in [-0.4, -0.2) is 46.9 Å². The first-order valence-corrected chi connectivity index (χ1v) is 12.2. The molecule has 4 heterocycles. The van der Waals surface area contributed by atoms with Gasteiger partial charge < -0.3 is 23.7 Å². The third kappa shape index (κ3) is 1.92. The van der Waals surface area contributed by atoms with E-state index in [9.17, 15) is 14.7 Å². The predicted molar refractivity (Wildman–Crippen MR) is 114 cm³/mol. The maximum Gasteiger partial charge on any atom is 0.339 e. The molecule has 178 valence electrons. The van der Waals surface area contributed by atoms with Gasteiger partial charge in [-0.1, -0.05) is 34.6 Å². The fraction of sp³-hybridized carbons (Fsp3) is 0.769. The molecule has 7 nitrogen and oxygen atoms in total. The van der Waals surface area contributed by atoms with Crippen molar-refractivity contribution in [3.05, 3.63) is 24.2 Å². The third-order valence-electron chi connectivity index (χ3n) is 11.3. The zero-order valence-electron chi connectivity index (χ0n) is 19.8. The second-order valence-corrected chi connectivity index (χ2v) is 12.6. The first kappa shape index (κ1) is 20.7. The van der Waals surface area contributed by atoms with Crippen LogP contribution in [0.3, 0.4) is 0 Å². The lowest BCUT2D eigenvalue weighted by Crippen LogP contribution is -2.74. The highest BCUT2D eigenvalue weighted by molar-refractivity contribution is 5.92. The van der Waals surface area contributed by atoms with E-state index in [-0.39, 0.29) is 41.2 Å². The normalized spacial score (nSPS) is 57.6. The summed E-state index contributed by atoms with van der Waals surface area (Å²) in [4.78, 5) is 26.2. The summed E-state index contributed by atoms with van der Waals surface area (Å²) in [5.74, 6) is -0.145. The van der Waals surface area contributed by atoms with Gasteiger partial charge in [-0.25, -0.2) is 4.79 Å². The topological polar surface area (TPSA) is 102 Å². The molecule has 0 aromatic carbocycles. The van der Waals surface area contributed by atoms with E-state index in [4.69, 9.17) is 18.6 Å². The van der Waals surface area contributed by atoms with E-state index >= 15 is 0 Å². The van der Waals surface area contributed by atoms with Gasteiger partial charge in [0.2, 0.25) is 0 Å². The molecule has 7 rings (SSSR count). The lowest BCUT2D eigenvalue weighted by molar-refractivity contribution is -0.258. The number of ketones is 1. The molecule has 3 aliphatic carbocycles. The molecule has 7 heteroatoms. The maximum absolute atomic E-state index is 13.1. The summed E-state index contributed by atoms with van der Waals surface area (Å²) in [5, 5.41) is 11.9. The molecule has 33 heavy (non-hydrogen) atoms. The first-order valence-electron chi connectivity index (χ1n) is 12.2.